The van der Waals surface area contributed by atoms with Crippen molar-refractivity contribution in [1.29, 1.82) is 0 Å². The Morgan fingerprint density at radius 1 is 1.58 bits per heavy atom. The Morgan fingerprint density at radius 2 is 2.33 bits per heavy atom. The molecule has 0 bridgehead atoms. The van der Waals surface area contributed by atoms with Gasteiger partial charge in [0.1, 0.15) is 0 Å². The fraction of sp³-hybridized carbons (Fsp3) is 0.333. The summed E-state index contributed by atoms with van der Waals surface area (Å²) in [6.07, 6.45) is 0. The zero-order valence-electron chi connectivity index (χ0n) is 7.05. The van der Waals surface area contributed by atoms with E-state index in [-0.39, 0.29) is 6.04 Å². The molecule has 0 aliphatic heterocycles. The van der Waals surface area contributed by atoms with E-state index in [9.17, 15) is 0 Å². The monoisotopic (exact) mass is 228 g/mol. The van der Waals surface area contributed by atoms with Crippen LogP contribution in [0.3, 0.4) is 0 Å². The van der Waals surface area contributed by atoms with Crippen molar-refractivity contribution in [1.82, 2.24) is 5.32 Å². The molecule has 0 aliphatic rings. The molecule has 2 nitrogen and oxygen atoms in total. The summed E-state index contributed by atoms with van der Waals surface area (Å²) in [6.45, 7) is 0.618. The predicted octanol–water partition coefficient (Wildman–Crippen LogP) is 1.67. The van der Waals surface area contributed by atoms with Gasteiger partial charge in [-0.1, -0.05) is 28.1 Å². The average molecular weight is 229 g/mol. The van der Waals surface area contributed by atoms with Gasteiger partial charge < -0.3 is 11.1 Å². The van der Waals surface area contributed by atoms with Crippen LogP contribution in [0.1, 0.15) is 11.6 Å². The molecule has 1 atom stereocenters. The summed E-state index contributed by atoms with van der Waals surface area (Å²) in [5.74, 6) is 0. The number of hydrogen-bond donors (Lipinski definition) is 2. The highest BCUT2D eigenvalue weighted by Crippen LogP contribution is 2.16. The van der Waals surface area contributed by atoms with Crippen molar-refractivity contribution in [3.63, 3.8) is 0 Å². The van der Waals surface area contributed by atoms with E-state index in [2.05, 4.69) is 33.4 Å². The van der Waals surface area contributed by atoms with Gasteiger partial charge in [-0.2, -0.15) is 0 Å². The summed E-state index contributed by atoms with van der Waals surface area (Å²) >= 11 is 3.42. The summed E-state index contributed by atoms with van der Waals surface area (Å²) in [5.41, 5.74) is 6.80. The van der Waals surface area contributed by atoms with E-state index in [0.29, 0.717) is 6.54 Å². The molecule has 0 saturated heterocycles. The fourth-order valence-electron chi connectivity index (χ4n) is 1.14. The van der Waals surface area contributed by atoms with Crippen molar-refractivity contribution < 1.29 is 0 Å². The van der Waals surface area contributed by atoms with E-state index < -0.39 is 0 Å². The minimum absolute atomic E-state index is 0.252. The van der Waals surface area contributed by atoms with Crippen molar-refractivity contribution in [2.75, 3.05) is 13.6 Å². The first-order valence-electron chi connectivity index (χ1n) is 3.90. The first-order chi connectivity index (χ1) is 5.77. The van der Waals surface area contributed by atoms with Crippen molar-refractivity contribution in [2.24, 2.45) is 5.73 Å². The Labute approximate surface area is 81.3 Å². The molecule has 1 aromatic rings. The van der Waals surface area contributed by atoms with Gasteiger partial charge in [-0.05, 0) is 24.7 Å². The topological polar surface area (TPSA) is 38.0 Å². The lowest BCUT2D eigenvalue weighted by Crippen LogP contribution is -2.24. The van der Waals surface area contributed by atoms with Gasteiger partial charge in [-0.15, -0.1) is 0 Å². The van der Waals surface area contributed by atoms with Crippen LogP contribution in [0.25, 0.3) is 0 Å². The van der Waals surface area contributed by atoms with E-state index in [1.54, 1.807) is 0 Å². The third-order valence-electron chi connectivity index (χ3n) is 1.84. The molecule has 1 aromatic carbocycles. The Balaban J connectivity index is 2.85. The average Bonchev–Trinajstić information content (AvgIpc) is 2.07. The summed E-state index contributed by atoms with van der Waals surface area (Å²) in [5, 5.41) is 3.15. The van der Waals surface area contributed by atoms with Crippen molar-refractivity contribution in [2.45, 2.75) is 6.04 Å². The molecule has 1 rings (SSSR count). The van der Waals surface area contributed by atoms with Gasteiger partial charge in [0.2, 0.25) is 0 Å². The number of hydrogen-bond acceptors (Lipinski definition) is 2. The van der Waals surface area contributed by atoms with Gasteiger partial charge >= 0.3 is 0 Å². The molecule has 12 heavy (non-hydrogen) atoms. The second-order valence-corrected chi connectivity index (χ2v) is 3.55. The van der Waals surface area contributed by atoms with E-state index in [1.165, 1.54) is 5.56 Å². The minimum atomic E-state index is 0.252. The van der Waals surface area contributed by atoms with E-state index in [4.69, 9.17) is 5.73 Å². The van der Waals surface area contributed by atoms with Crippen LogP contribution in [-0.4, -0.2) is 13.6 Å². The van der Waals surface area contributed by atoms with Crippen molar-refractivity contribution >= 4 is 15.9 Å². The molecule has 0 aliphatic carbocycles. The zero-order chi connectivity index (χ0) is 8.97. The first-order valence-corrected chi connectivity index (χ1v) is 4.70. The number of halogens is 1. The van der Waals surface area contributed by atoms with E-state index in [1.807, 2.05) is 19.2 Å². The number of nitrogens with two attached hydrogens (primary N) is 1. The Kier molecular flexibility index (Phi) is 3.72. The summed E-state index contributed by atoms with van der Waals surface area (Å²) < 4.78 is 1.09. The first kappa shape index (κ1) is 9.71. The lowest BCUT2D eigenvalue weighted by molar-refractivity contribution is 0.605. The maximum Gasteiger partial charge on any atom is 0.0442 e. The lowest BCUT2D eigenvalue weighted by atomic mass is 10.1. The van der Waals surface area contributed by atoms with Crippen LogP contribution in [0, 0.1) is 0 Å². The minimum Gasteiger partial charge on any atom is -0.329 e. The molecule has 0 amide bonds. The molecular formula is C9H13BrN2. The number of likely N-dealkylation sites (N-methyl/N-ethyl adjacent to an activating group) is 1. The molecule has 0 aromatic heterocycles. The maximum atomic E-state index is 5.59. The Morgan fingerprint density at radius 3 is 2.83 bits per heavy atom. The molecule has 0 heterocycles. The van der Waals surface area contributed by atoms with Crippen LogP contribution < -0.4 is 11.1 Å². The molecule has 66 valence electrons. The molecule has 0 saturated carbocycles. The van der Waals surface area contributed by atoms with Crippen LogP contribution in [0.4, 0.5) is 0 Å². The third-order valence-corrected chi connectivity index (χ3v) is 2.33. The van der Waals surface area contributed by atoms with Crippen LogP contribution in [0.2, 0.25) is 0 Å². The van der Waals surface area contributed by atoms with Gasteiger partial charge in [0, 0.05) is 17.1 Å². The predicted molar refractivity (Wildman–Crippen MR) is 55.0 cm³/mol. The van der Waals surface area contributed by atoms with E-state index >= 15 is 0 Å². The standard InChI is InChI=1S/C9H13BrN2/c1-12-9(6-11)7-3-2-4-8(10)5-7/h2-5,9,12H,6,11H2,1H3/t9-/m0/s1. The van der Waals surface area contributed by atoms with Crippen molar-refractivity contribution in [3.8, 4) is 0 Å². The van der Waals surface area contributed by atoms with Gasteiger partial charge in [0.05, 0.1) is 0 Å². The zero-order valence-corrected chi connectivity index (χ0v) is 8.64. The van der Waals surface area contributed by atoms with E-state index in [0.717, 1.165) is 4.47 Å². The normalized spacial score (nSPS) is 12.9. The smallest absolute Gasteiger partial charge is 0.0442 e. The highest BCUT2D eigenvalue weighted by Gasteiger charge is 2.05. The summed E-state index contributed by atoms with van der Waals surface area (Å²) in [4.78, 5) is 0. The van der Waals surface area contributed by atoms with Crippen LogP contribution in [-0.2, 0) is 0 Å². The largest absolute Gasteiger partial charge is 0.329 e. The lowest BCUT2D eigenvalue weighted by Gasteiger charge is -2.13. The molecule has 3 N–H and O–H groups in total. The fourth-order valence-corrected chi connectivity index (χ4v) is 1.56. The number of rotatable bonds is 3. The molecule has 3 heteroatoms. The van der Waals surface area contributed by atoms with Gasteiger partial charge in [0.15, 0.2) is 0 Å². The molecule has 0 radical (unpaired) electrons. The molecule has 0 fully saturated rings. The molecular weight excluding hydrogens is 216 g/mol. The Bertz CT molecular complexity index is 246. The highest BCUT2D eigenvalue weighted by atomic mass is 79.9. The third kappa shape index (κ3) is 2.30. The Hall–Kier alpha value is -0.380. The van der Waals surface area contributed by atoms with Gasteiger partial charge in [0.25, 0.3) is 0 Å². The summed E-state index contributed by atoms with van der Waals surface area (Å²) in [6, 6.07) is 8.42. The molecule has 0 spiro atoms. The van der Waals surface area contributed by atoms with Crippen LogP contribution >= 0.6 is 15.9 Å². The van der Waals surface area contributed by atoms with Crippen LogP contribution in [0.5, 0.6) is 0 Å². The summed E-state index contributed by atoms with van der Waals surface area (Å²) in [7, 11) is 1.92. The second-order valence-electron chi connectivity index (χ2n) is 2.63. The number of benzene rings is 1. The quantitative estimate of drug-likeness (QED) is 0.827. The highest BCUT2D eigenvalue weighted by molar-refractivity contribution is 9.10. The van der Waals surface area contributed by atoms with Gasteiger partial charge in [-0.25, -0.2) is 0 Å². The molecule has 0 unspecified atom stereocenters. The second kappa shape index (κ2) is 4.60. The SMILES string of the molecule is CN[C@@H](CN)c1cccc(Br)c1. The van der Waals surface area contributed by atoms with Crippen LogP contribution in [0.15, 0.2) is 28.7 Å². The van der Waals surface area contributed by atoms with Crippen molar-refractivity contribution in [3.05, 3.63) is 34.3 Å². The maximum absolute atomic E-state index is 5.59. The number of nitrogens with one attached hydrogen (secondary N) is 1. The van der Waals surface area contributed by atoms with Gasteiger partial charge in [-0.3, -0.25) is 0 Å².